The summed E-state index contributed by atoms with van der Waals surface area (Å²) in [6.07, 6.45) is 21.4. The Labute approximate surface area is 150 Å². The maximum absolute atomic E-state index is 11.9. The second-order valence-electron chi connectivity index (χ2n) is 8.40. The predicted molar refractivity (Wildman–Crippen MR) is 103 cm³/mol. The molecule has 0 aliphatic heterocycles. The lowest BCUT2D eigenvalue weighted by Gasteiger charge is -2.19. The van der Waals surface area contributed by atoms with Gasteiger partial charge in [0, 0.05) is 0 Å². The van der Waals surface area contributed by atoms with E-state index in [9.17, 15) is 4.79 Å². The Morgan fingerprint density at radius 3 is 1.54 bits per heavy atom. The maximum atomic E-state index is 11.9. The average molecular weight is 337 g/mol. The third kappa shape index (κ3) is 12.6. The Kier molecular flexibility index (Phi) is 11.1. The van der Waals surface area contributed by atoms with E-state index in [-0.39, 0.29) is 11.6 Å². The molecular formula is C22H40O2. The van der Waals surface area contributed by atoms with E-state index >= 15 is 0 Å². The molecule has 0 atom stereocenters. The smallest absolute Gasteiger partial charge is 0.310 e. The Balaban J connectivity index is 2.44. The van der Waals surface area contributed by atoms with Crippen molar-refractivity contribution >= 4 is 5.97 Å². The lowest BCUT2D eigenvalue weighted by atomic mass is 9.99. The fraction of sp³-hybridized carbons (Fsp3) is 0.864. The van der Waals surface area contributed by atoms with Gasteiger partial charge in [0.1, 0.15) is 5.60 Å². The van der Waals surface area contributed by atoms with Crippen molar-refractivity contribution in [2.45, 2.75) is 123 Å². The average Bonchev–Trinajstić information content (AvgIpc) is 2.50. The summed E-state index contributed by atoms with van der Waals surface area (Å²) in [5.74, 6) is -0.0918. The van der Waals surface area contributed by atoms with Gasteiger partial charge in [0.2, 0.25) is 0 Å². The van der Waals surface area contributed by atoms with Crippen LogP contribution in [-0.4, -0.2) is 11.6 Å². The van der Waals surface area contributed by atoms with Crippen LogP contribution in [0.5, 0.6) is 0 Å². The molecule has 0 saturated heterocycles. The normalized spacial score (nSPS) is 19.9. The standard InChI is InChI=1S/C22H40O2/c1-22(2,3)24-21(23)19-18-20-16-14-12-10-8-6-4-5-7-9-11-13-15-17-20/h18H,4-17,19H2,1-3H3. The molecule has 140 valence electrons. The van der Waals surface area contributed by atoms with E-state index in [1.54, 1.807) is 0 Å². The topological polar surface area (TPSA) is 26.3 Å². The molecule has 2 nitrogen and oxygen atoms in total. The van der Waals surface area contributed by atoms with Crippen LogP contribution < -0.4 is 0 Å². The van der Waals surface area contributed by atoms with E-state index in [0.717, 1.165) is 0 Å². The predicted octanol–water partition coefficient (Wildman–Crippen LogP) is 7.12. The molecule has 0 spiro atoms. The van der Waals surface area contributed by atoms with Crippen molar-refractivity contribution in [2.24, 2.45) is 0 Å². The molecule has 1 rings (SSSR count). The first-order chi connectivity index (χ1) is 11.5. The minimum Gasteiger partial charge on any atom is -0.460 e. The van der Waals surface area contributed by atoms with Crippen LogP contribution in [0.3, 0.4) is 0 Å². The van der Waals surface area contributed by atoms with Crippen LogP contribution in [-0.2, 0) is 9.53 Å². The van der Waals surface area contributed by atoms with Crippen LogP contribution in [0.1, 0.15) is 117 Å². The highest BCUT2D eigenvalue weighted by Gasteiger charge is 2.15. The van der Waals surface area contributed by atoms with Crippen molar-refractivity contribution in [3.63, 3.8) is 0 Å². The van der Waals surface area contributed by atoms with Crippen LogP contribution in [0.15, 0.2) is 11.6 Å². The number of hydrogen-bond acceptors (Lipinski definition) is 2. The van der Waals surface area contributed by atoms with Crippen molar-refractivity contribution in [3.8, 4) is 0 Å². The van der Waals surface area contributed by atoms with Crippen molar-refractivity contribution in [3.05, 3.63) is 11.6 Å². The van der Waals surface area contributed by atoms with E-state index < -0.39 is 0 Å². The van der Waals surface area contributed by atoms with Gasteiger partial charge in [-0.2, -0.15) is 0 Å². The Morgan fingerprint density at radius 2 is 1.17 bits per heavy atom. The van der Waals surface area contributed by atoms with Gasteiger partial charge in [-0.25, -0.2) is 0 Å². The van der Waals surface area contributed by atoms with Crippen molar-refractivity contribution in [2.75, 3.05) is 0 Å². The highest BCUT2D eigenvalue weighted by molar-refractivity contribution is 5.71. The molecule has 0 aromatic carbocycles. The van der Waals surface area contributed by atoms with E-state index in [1.807, 2.05) is 20.8 Å². The SMILES string of the molecule is CC(C)(C)OC(=O)CC=C1CCCCCCCCCCCCCC1. The van der Waals surface area contributed by atoms with Crippen LogP contribution in [0.2, 0.25) is 0 Å². The summed E-state index contributed by atoms with van der Waals surface area (Å²) < 4.78 is 5.43. The lowest BCUT2D eigenvalue weighted by Crippen LogP contribution is -2.23. The van der Waals surface area contributed by atoms with Gasteiger partial charge < -0.3 is 4.74 Å². The summed E-state index contributed by atoms with van der Waals surface area (Å²) in [4.78, 5) is 11.9. The van der Waals surface area contributed by atoms with E-state index in [2.05, 4.69) is 6.08 Å². The summed E-state index contributed by atoms with van der Waals surface area (Å²) in [5, 5.41) is 0. The first-order valence-corrected chi connectivity index (χ1v) is 10.4. The highest BCUT2D eigenvalue weighted by atomic mass is 16.6. The molecule has 0 amide bonds. The Bertz CT molecular complexity index is 345. The second-order valence-corrected chi connectivity index (χ2v) is 8.40. The summed E-state index contributed by atoms with van der Waals surface area (Å²) in [7, 11) is 0. The molecule has 1 aliphatic carbocycles. The number of carbonyl (C=O) groups is 1. The molecule has 0 unspecified atom stereocenters. The van der Waals surface area contributed by atoms with Crippen molar-refractivity contribution in [1.82, 2.24) is 0 Å². The second kappa shape index (κ2) is 12.6. The minimum atomic E-state index is -0.378. The first-order valence-electron chi connectivity index (χ1n) is 10.4. The Morgan fingerprint density at radius 1 is 0.792 bits per heavy atom. The van der Waals surface area contributed by atoms with E-state index in [0.29, 0.717) is 6.42 Å². The molecule has 24 heavy (non-hydrogen) atoms. The number of ether oxygens (including phenoxy) is 1. The van der Waals surface area contributed by atoms with Gasteiger partial charge in [0.15, 0.2) is 0 Å². The molecule has 1 aliphatic rings. The monoisotopic (exact) mass is 336 g/mol. The molecule has 0 N–H and O–H groups in total. The molecule has 0 aromatic heterocycles. The molecule has 0 radical (unpaired) electrons. The van der Waals surface area contributed by atoms with Crippen molar-refractivity contribution < 1.29 is 9.53 Å². The number of rotatable bonds is 2. The van der Waals surface area contributed by atoms with Crippen LogP contribution in [0.25, 0.3) is 0 Å². The van der Waals surface area contributed by atoms with Gasteiger partial charge in [-0.15, -0.1) is 0 Å². The summed E-state index contributed by atoms with van der Waals surface area (Å²) in [5.41, 5.74) is 1.10. The van der Waals surface area contributed by atoms with Gasteiger partial charge in [-0.1, -0.05) is 75.9 Å². The zero-order chi connectivity index (χ0) is 17.7. The third-order valence-electron chi connectivity index (χ3n) is 4.72. The van der Waals surface area contributed by atoms with Crippen LogP contribution in [0, 0.1) is 0 Å². The molecule has 1 fully saturated rings. The van der Waals surface area contributed by atoms with Gasteiger partial charge in [-0.05, 0) is 46.5 Å². The number of carbonyl (C=O) groups excluding carboxylic acids is 1. The van der Waals surface area contributed by atoms with E-state index in [4.69, 9.17) is 4.74 Å². The van der Waals surface area contributed by atoms with Gasteiger partial charge in [0.05, 0.1) is 6.42 Å². The lowest BCUT2D eigenvalue weighted by molar-refractivity contribution is -0.153. The zero-order valence-corrected chi connectivity index (χ0v) is 16.5. The fourth-order valence-electron chi connectivity index (χ4n) is 3.41. The summed E-state index contributed by atoms with van der Waals surface area (Å²) >= 11 is 0. The molecule has 0 aromatic rings. The molecule has 0 bridgehead atoms. The highest BCUT2D eigenvalue weighted by Crippen LogP contribution is 2.21. The number of allylic oxidation sites excluding steroid dienone is 1. The van der Waals surface area contributed by atoms with Crippen LogP contribution in [0.4, 0.5) is 0 Å². The minimum absolute atomic E-state index is 0.0918. The van der Waals surface area contributed by atoms with E-state index in [1.165, 1.54) is 95.5 Å². The Hall–Kier alpha value is -0.790. The third-order valence-corrected chi connectivity index (χ3v) is 4.72. The van der Waals surface area contributed by atoms with Gasteiger partial charge in [0.25, 0.3) is 0 Å². The number of esters is 1. The van der Waals surface area contributed by atoms with Gasteiger partial charge >= 0.3 is 5.97 Å². The number of hydrogen-bond donors (Lipinski definition) is 0. The first kappa shape index (κ1) is 21.3. The summed E-state index contributed by atoms with van der Waals surface area (Å²) in [6.45, 7) is 5.80. The molecule has 2 heteroatoms. The molecular weight excluding hydrogens is 296 g/mol. The van der Waals surface area contributed by atoms with Crippen molar-refractivity contribution in [1.29, 1.82) is 0 Å². The fourth-order valence-corrected chi connectivity index (χ4v) is 3.41. The summed E-state index contributed by atoms with van der Waals surface area (Å²) in [6, 6.07) is 0. The molecule has 0 heterocycles. The zero-order valence-electron chi connectivity index (χ0n) is 16.5. The van der Waals surface area contributed by atoms with Crippen LogP contribution >= 0.6 is 0 Å². The largest absolute Gasteiger partial charge is 0.460 e. The quantitative estimate of drug-likeness (QED) is 0.396. The molecule has 1 saturated carbocycles. The van der Waals surface area contributed by atoms with Gasteiger partial charge in [-0.3, -0.25) is 4.79 Å². The maximum Gasteiger partial charge on any atom is 0.310 e.